The number of carboxylic acids is 1. The van der Waals surface area contributed by atoms with Crippen molar-refractivity contribution >= 4 is 17.6 Å². The summed E-state index contributed by atoms with van der Waals surface area (Å²) in [7, 11) is 2.05. The number of para-hydroxylation sites is 1. The molecule has 0 bridgehead atoms. The first kappa shape index (κ1) is 20.8. The molecule has 6 heteroatoms. The lowest BCUT2D eigenvalue weighted by molar-refractivity contribution is 0.0694. The normalized spacial score (nSPS) is 15.8. The van der Waals surface area contributed by atoms with Gasteiger partial charge in [0.05, 0.1) is 17.3 Å². The van der Waals surface area contributed by atoms with E-state index in [4.69, 9.17) is 4.98 Å². The smallest absolute Gasteiger partial charge is 0.339 e. The van der Waals surface area contributed by atoms with Crippen LogP contribution >= 0.6 is 0 Å². The van der Waals surface area contributed by atoms with Gasteiger partial charge >= 0.3 is 5.97 Å². The van der Waals surface area contributed by atoms with Crippen LogP contribution in [0.3, 0.4) is 0 Å². The maximum absolute atomic E-state index is 11.8. The van der Waals surface area contributed by atoms with Gasteiger partial charge in [-0.05, 0) is 43.4 Å². The Labute approximate surface area is 183 Å². The van der Waals surface area contributed by atoms with Crippen LogP contribution < -0.4 is 9.80 Å². The lowest BCUT2D eigenvalue weighted by atomic mass is 10.1. The molecule has 31 heavy (non-hydrogen) atoms. The van der Waals surface area contributed by atoms with Gasteiger partial charge in [0.2, 0.25) is 5.95 Å². The number of anilines is 2. The van der Waals surface area contributed by atoms with Crippen molar-refractivity contribution in [3.63, 3.8) is 0 Å². The summed E-state index contributed by atoms with van der Waals surface area (Å²) < 4.78 is 0. The van der Waals surface area contributed by atoms with Crippen LogP contribution in [0.4, 0.5) is 11.6 Å². The molecule has 1 atom stereocenters. The van der Waals surface area contributed by atoms with Gasteiger partial charge in [-0.1, -0.05) is 48.5 Å². The molecule has 0 amide bonds. The monoisotopic (exact) mass is 416 g/mol. The van der Waals surface area contributed by atoms with Crippen molar-refractivity contribution in [2.45, 2.75) is 31.7 Å². The number of rotatable bonds is 8. The standard InChI is InChI=1S/C25H28N4O2/c1-28(20-12-6-3-7-13-20)16-8-14-22-21(24(30)31)18-26-25(27-22)29-17-9-15-23(29)19-10-4-2-5-11-19/h2-7,10-13,18,23H,8-9,14-17H2,1H3,(H,30,31)/t23-/m0/s1. The third-order valence-corrected chi connectivity index (χ3v) is 5.88. The van der Waals surface area contributed by atoms with Gasteiger partial charge in [-0.3, -0.25) is 0 Å². The highest BCUT2D eigenvalue weighted by Gasteiger charge is 2.28. The molecule has 1 saturated heterocycles. The van der Waals surface area contributed by atoms with E-state index in [1.807, 2.05) is 31.3 Å². The van der Waals surface area contributed by atoms with Gasteiger partial charge in [0.1, 0.15) is 0 Å². The number of aryl methyl sites for hydroxylation is 1. The number of hydrogen-bond acceptors (Lipinski definition) is 5. The lowest BCUT2D eigenvalue weighted by Gasteiger charge is -2.25. The van der Waals surface area contributed by atoms with E-state index in [9.17, 15) is 9.90 Å². The average molecular weight is 417 g/mol. The van der Waals surface area contributed by atoms with E-state index in [-0.39, 0.29) is 11.6 Å². The molecule has 6 nitrogen and oxygen atoms in total. The van der Waals surface area contributed by atoms with Crippen molar-refractivity contribution in [1.29, 1.82) is 0 Å². The highest BCUT2D eigenvalue weighted by atomic mass is 16.4. The summed E-state index contributed by atoms with van der Waals surface area (Å²) in [6.07, 6.45) is 5.00. The fourth-order valence-corrected chi connectivity index (χ4v) is 4.24. The van der Waals surface area contributed by atoms with E-state index in [1.54, 1.807) is 0 Å². The highest BCUT2D eigenvalue weighted by Crippen LogP contribution is 2.34. The Balaban J connectivity index is 1.50. The molecular formula is C25H28N4O2. The highest BCUT2D eigenvalue weighted by molar-refractivity contribution is 5.88. The third-order valence-electron chi connectivity index (χ3n) is 5.88. The molecule has 0 unspecified atom stereocenters. The quantitative estimate of drug-likeness (QED) is 0.579. The topological polar surface area (TPSA) is 69.6 Å². The van der Waals surface area contributed by atoms with Gasteiger partial charge in [-0.25, -0.2) is 14.8 Å². The molecule has 0 aliphatic carbocycles. The number of nitrogens with zero attached hydrogens (tertiary/aromatic N) is 4. The van der Waals surface area contributed by atoms with Gasteiger partial charge in [0, 0.05) is 32.0 Å². The molecule has 1 fully saturated rings. The summed E-state index contributed by atoms with van der Waals surface area (Å²) >= 11 is 0. The largest absolute Gasteiger partial charge is 0.478 e. The SMILES string of the molecule is CN(CCCc1nc(N2CCC[C@H]2c2ccccc2)ncc1C(=O)O)c1ccccc1. The zero-order valence-corrected chi connectivity index (χ0v) is 17.8. The second kappa shape index (κ2) is 9.60. The van der Waals surface area contributed by atoms with E-state index in [0.29, 0.717) is 18.1 Å². The lowest BCUT2D eigenvalue weighted by Crippen LogP contribution is -2.26. The van der Waals surface area contributed by atoms with E-state index >= 15 is 0 Å². The number of hydrogen-bond donors (Lipinski definition) is 1. The third kappa shape index (κ3) is 4.85. The van der Waals surface area contributed by atoms with Crippen LogP contribution in [0.5, 0.6) is 0 Å². The molecule has 0 spiro atoms. The molecule has 3 aromatic rings. The number of aromatic nitrogens is 2. The molecule has 0 saturated carbocycles. The average Bonchev–Trinajstić information content (AvgIpc) is 3.30. The molecule has 160 valence electrons. The summed E-state index contributed by atoms with van der Waals surface area (Å²) in [5.74, 6) is -0.346. The van der Waals surface area contributed by atoms with E-state index in [1.165, 1.54) is 11.8 Å². The Bertz CT molecular complexity index is 1010. The van der Waals surface area contributed by atoms with Gasteiger partial charge in [0.25, 0.3) is 0 Å². The first-order valence-corrected chi connectivity index (χ1v) is 10.8. The Hall–Kier alpha value is -3.41. The maximum Gasteiger partial charge on any atom is 0.339 e. The predicted molar refractivity (Wildman–Crippen MR) is 123 cm³/mol. The summed E-state index contributed by atoms with van der Waals surface area (Å²) in [6, 6.07) is 20.8. The molecular weight excluding hydrogens is 388 g/mol. The number of aromatic carboxylic acids is 1. The van der Waals surface area contributed by atoms with Gasteiger partial charge < -0.3 is 14.9 Å². The predicted octanol–water partition coefficient (Wildman–Crippen LogP) is 4.59. The fraction of sp³-hybridized carbons (Fsp3) is 0.320. The van der Waals surface area contributed by atoms with E-state index < -0.39 is 5.97 Å². The second-order valence-corrected chi connectivity index (χ2v) is 7.96. The van der Waals surface area contributed by atoms with E-state index in [0.717, 1.165) is 38.0 Å². The first-order valence-electron chi connectivity index (χ1n) is 10.8. The summed E-state index contributed by atoms with van der Waals surface area (Å²) in [5.41, 5.74) is 3.20. The van der Waals surface area contributed by atoms with Crippen molar-refractivity contribution in [1.82, 2.24) is 9.97 Å². The van der Waals surface area contributed by atoms with Crippen molar-refractivity contribution < 1.29 is 9.90 Å². The summed E-state index contributed by atoms with van der Waals surface area (Å²) in [4.78, 5) is 25.3. The van der Waals surface area contributed by atoms with Crippen LogP contribution in [0.25, 0.3) is 0 Å². The zero-order valence-electron chi connectivity index (χ0n) is 17.8. The molecule has 2 heterocycles. The molecule has 0 radical (unpaired) electrons. The van der Waals surface area contributed by atoms with Crippen molar-refractivity contribution in [2.24, 2.45) is 0 Å². The Kier molecular flexibility index (Phi) is 6.46. The molecule has 1 N–H and O–H groups in total. The Morgan fingerprint density at radius 2 is 1.84 bits per heavy atom. The summed E-state index contributed by atoms with van der Waals surface area (Å²) in [6.45, 7) is 1.70. The van der Waals surface area contributed by atoms with Gasteiger partial charge in [0.15, 0.2) is 0 Å². The molecule has 2 aromatic carbocycles. The van der Waals surface area contributed by atoms with Crippen molar-refractivity contribution in [3.05, 3.63) is 83.7 Å². The van der Waals surface area contributed by atoms with Gasteiger partial charge in [-0.2, -0.15) is 0 Å². The van der Waals surface area contributed by atoms with Crippen molar-refractivity contribution in [3.8, 4) is 0 Å². The first-order chi connectivity index (χ1) is 15.1. The number of benzene rings is 2. The minimum Gasteiger partial charge on any atom is -0.478 e. The van der Waals surface area contributed by atoms with E-state index in [2.05, 4.69) is 51.2 Å². The zero-order chi connectivity index (χ0) is 21.6. The van der Waals surface area contributed by atoms with Crippen LogP contribution in [0.1, 0.15) is 46.9 Å². The second-order valence-electron chi connectivity index (χ2n) is 7.96. The fourth-order valence-electron chi connectivity index (χ4n) is 4.24. The minimum atomic E-state index is -0.973. The molecule has 1 aliphatic rings. The molecule has 1 aliphatic heterocycles. The number of carbonyl (C=O) groups is 1. The van der Waals surface area contributed by atoms with Crippen molar-refractivity contribution in [2.75, 3.05) is 29.9 Å². The summed E-state index contributed by atoms with van der Waals surface area (Å²) in [5, 5.41) is 9.63. The van der Waals surface area contributed by atoms with Crippen LogP contribution in [-0.4, -0.2) is 41.2 Å². The Morgan fingerprint density at radius 3 is 2.55 bits per heavy atom. The number of carboxylic acid groups (broad SMARTS) is 1. The minimum absolute atomic E-state index is 0.196. The molecule has 1 aromatic heterocycles. The van der Waals surface area contributed by atoms with Gasteiger partial charge in [-0.15, -0.1) is 0 Å². The molecule has 4 rings (SSSR count). The van der Waals surface area contributed by atoms with Crippen LogP contribution in [0.15, 0.2) is 66.9 Å². The Morgan fingerprint density at radius 1 is 1.13 bits per heavy atom. The van der Waals surface area contributed by atoms with Crippen LogP contribution in [-0.2, 0) is 6.42 Å². The van der Waals surface area contributed by atoms with Crippen LogP contribution in [0, 0.1) is 0 Å². The maximum atomic E-state index is 11.8. The van der Waals surface area contributed by atoms with Crippen LogP contribution in [0.2, 0.25) is 0 Å².